The lowest BCUT2D eigenvalue weighted by molar-refractivity contribution is -0.122. The van der Waals surface area contributed by atoms with Crippen molar-refractivity contribution in [3.63, 3.8) is 0 Å². The van der Waals surface area contributed by atoms with E-state index < -0.39 is 23.7 Å². The molecule has 4 amide bonds. The van der Waals surface area contributed by atoms with E-state index in [-0.39, 0.29) is 17.1 Å². The molecule has 3 aromatic rings. The number of halogens is 3. The smallest absolute Gasteiger partial charge is 0.336 e. The Kier molecular flexibility index (Phi) is 6.56. The van der Waals surface area contributed by atoms with Crippen LogP contribution in [0.3, 0.4) is 0 Å². The highest BCUT2D eigenvalue weighted by atomic mass is 79.9. The lowest BCUT2D eigenvalue weighted by atomic mass is 10.0. The second-order valence-electron chi connectivity index (χ2n) is 7.40. The number of para-hydroxylation sites is 1. The number of urea groups is 1. The number of anilines is 1. The molecule has 0 aliphatic carbocycles. The zero-order valence-corrected chi connectivity index (χ0v) is 19.4. The number of hydrogen-bond donors (Lipinski definition) is 1. The van der Waals surface area contributed by atoms with Crippen LogP contribution in [-0.4, -0.2) is 25.0 Å². The van der Waals surface area contributed by atoms with E-state index in [1.165, 1.54) is 43.5 Å². The zero-order chi connectivity index (χ0) is 24.4. The standard InChI is InChI=1S/C25H17BrF2N2O4/c1-34-22-13-15(12-19(26)17(22)10-14-5-4-6-16(27)9-14)11-18-23(31)29-25(33)30(24(18)32)21-8-3-2-7-20(21)28/h2-9,11-13H,10H2,1H3,(H,29,31,33)/b18-11-. The maximum atomic E-state index is 14.2. The van der Waals surface area contributed by atoms with Gasteiger partial charge in [-0.05, 0) is 53.6 Å². The Morgan fingerprint density at radius 1 is 1.03 bits per heavy atom. The minimum Gasteiger partial charge on any atom is -0.496 e. The van der Waals surface area contributed by atoms with E-state index in [1.807, 2.05) is 0 Å². The molecule has 9 heteroatoms. The molecule has 0 aromatic heterocycles. The average molecular weight is 527 g/mol. The number of rotatable bonds is 5. The molecule has 0 saturated carbocycles. The van der Waals surface area contributed by atoms with Crippen molar-refractivity contribution in [2.75, 3.05) is 12.0 Å². The largest absolute Gasteiger partial charge is 0.496 e. The summed E-state index contributed by atoms with van der Waals surface area (Å²) in [5.74, 6) is -2.56. The quantitative estimate of drug-likeness (QED) is 0.375. The van der Waals surface area contributed by atoms with Crippen molar-refractivity contribution >= 4 is 45.5 Å². The summed E-state index contributed by atoms with van der Waals surface area (Å²) in [7, 11) is 1.46. The summed E-state index contributed by atoms with van der Waals surface area (Å²) in [6.45, 7) is 0. The number of nitrogens with zero attached hydrogens (tertiary/aromatic N) is 1. The molecular weight excluding hydrogens is 510 g/mol. The summed E-state index contributed by atoms with van der Waals surface area (Å²) in [6, 6.07) is 13.7. The highest BCUT2D eigenvalue weighted by molar-refractivity contribution is 9.10. The van der Waals surface area contributed by atoms with Crippen molar-refractivity contribution in [2.45, 2.75) is 6.42 Å². The molecule has 0 unspecified atom stereocenters. The molecule has 4 rings (SSSR count). The summed E-state index contributed by atoms with van der Waals surface area (Å²) in [5, 5.41) is 2.06. The number of ether oxygens (including phenoxy) is 1. The van der Waals surface area contributed by atoms with Gasteiger partial charge in [-0.1, -0.05) is 40.2 Å². The van der Waals surface area contributed by atoms with E-state index in [0.29, 0.717) is 27.1 Å². The van der Waals surface area contributed by atoms with Crippen LogP contribution in [0.5, 0.6) is 5.75 Å². The van der Waals surface area contributed by atoms with Crippen LogP contribution in [0.25, 0.3) is 6.08 Å². The van der Waals surface area contributed by atoms with E-state index in [9.17, 15) is 23.2 Å². The van der Waals surface area contributed by atoms with Crippen LogP contribution in [0.1, 0.15) is 16.7 Å². The van der Waals surface area contributed by atoms with Crippen LogP contribution in [0.4, 0.5) is 19.3 Å². The summed E-state index contributed by atoms with van der Waals surface area (Å²) in [4.78, 5) is 38.3. The fourth-order valence-electron chi connectivity index (χ4n) is 3.60. The Morgan fingerprint density at radius 3 is 2.50 bits per heavy atom. The first-order chi connectivity index (χ1) is 16.3. The van der Waals surface area contributed by atoms with E-state index in [4.69, 9.17) is 4.74 Å². The second kappa shape index (κ2) is 9.56. The average Bonchev–Trinajstić information content (AvgIpc) is 2.79. The van der Waals surface area contributed by atoms with Gasteiger partial charge in [0.2, 0.25) is 0 Å². The third kappa shape index (κ3) is 4.60. The fourth-order valence-corrected chi connectivity index (χ4v) is 4.20. The van der Waals surface area contributed by atoms with Crippen LogP contribution in [-0.2, 0) is 16.0 Å². The molecule has 1 saturated heterocycles. The Labute approximate surface area is 202 Å². The second-order valence-corrected chi connectivity index (χ2v) is 8.25. The maximum Gasteiger partial charge on any atom is 0.336 e. The molecular formula is C25H17BrF2N2O4. The third-order valence-electron chi connectivity index (χ3n) is 5.17. The molecule has 3 aromatic carbocycles. The van der Waals surface area contributed by atoms with E-state index >= 15 is 0 Å². The number of methoxy groups -OCH3 is 1. The Hall–Kier alpha value is -3.85. The monoisotopic (exact) mass is 526 g/mol. The van der Waals surface area contributed by atoms with Crippen molar-refractivity contribution in [3.05, 3.63) is 99.0 Å². The van der Waals surface area contributed by atoms with Crippen LogP contribution < -0.4 is 15.0 Å². The zero-order valence-electron chi connectivity index (χ0n) is 17.8. The lowest BCUT2D eigenvalue weighted by Gasteiger charge is -2.26. The normalized spacial score (nSPS) is 15.0. The van der Waals surface area contributed by atoms with Gasteiger partial charge in [-0.2, -0.15) is 0 Å². The van der Waals surface area contributed by atoms with Gasteiger partial charge < -0.3 is 4.74 Å². The molecule has 0 spiro atoms. The van der Waals surface area contributed by atoms with Gasteiger partial charge in [0.1, 0.15) is 23.0 Å². The number of hydrogen-bond acceptors (Lipinski definition) is 4. The van der Waals surface area contributed by atoms with Crippen LogP contribution in [0.15, 0.2) is 70.7 Å². The number of carbonyl (C=O) groups excluding carboxylic acids is 3. The van der Waals surface area contributed by atoms with Crippen molar-refractivity contribution in [1.82, 2.24) is 5.32 Å². The topological polar surface area (TPSA) is 75.7 Å². The van der Waals surface area contributed by atoms with Gasteiger partial charge in [-0.25, -0.2) is 18.5 Å². The number of carbonyl (C=O) groups is 3. The molecule has 1 aliphatic rings. The number of barbiturate groups is 1. The van der Waals surface area contributed by atoms with Crippen LogP contribution in [0, 0.1) is 11.6 Å². The van der Waals surface area contributed by atoms with Gasteiger partial charge in [0.25, 0.3) is 11.8 Å². The predicted octanol–water partition coefficient (Wildman–Crippen LogP) is 4.99. The van der Waals surface area contributed by atoms with Gasteiger partial charge >= 0.3 is 6.03 Å². The molecule has 34 heavy (non-hydrogen) atoms. The minimum atomic E-state index is -1.04. The Morgan fingerprint density at radius 2 is 1.79 bits per heavy atom. The van der Waals surface area contributed by atoms with Crippen LogP contribution in [0.2, 0.25) is 0 Å². The SMILES string of the molecule is COc1cc(/C=C2/C(=O)NC(=O)N(c3ccccc3F)C2=O)cc(Br)c1Cc1cccc(F)c1. The highest BCUT2D eigenvalue weighted by Crippen LogP contribution is 2.33. The highest BCUT2D eigenvalue weighted by Gasteiger charge is 2.38. The number of benzene rings is 3. The van der Waals surface area contributed by atoms with Gasteiger partial charge in [0, 0.05) is 16.5 Å². The first-order valence-electron chi connectivity index (χ1n) is 10.1. The van der Waals surface area contributed by atoms with E-state index in [2.05, 4.69) is 21.2 Å². The molecule has 1 N–H and O–H groups in total. The number of amides is 4. The van der Waals surface area contributed by atoms with Crippen molar-refractivity contribution < 1.29 is 27.9 Å². The van der Waals surface area contributed by atoms with Gasteiger partial charge in [0.15, 0.2) is 0 Å². The maximum absolute atomic E-state index is 14.2. The van der Waals surface area contributed by atoms with Gasteiger partial charge in [0.05, 0.1) is 12.8 Å². The van der Waals surface area contributed by atoms with Crippen molar-refractivity contribution in [3.8, 4) is 5.75 Å². The van der Waals surface area contributed by atoms with Crippen molar-refractivity contribution in [2.24, 2.45) is 0 Å². The van der Waals surface area contributed by atoms with Crippen molar-refractivity contribution in [1.29, 1.82) is 0 Å². The third-order valence-corrected chi connectivity index (χ3v) is 5.88. The van der Waals surface area contributed by atoms with E-state index in [0.717, 1.165) is 17.2 Å². The molecule has 0 radical (unpaired) electrons. The number of nitrogens with one attached hydrogen (secondary N) is 1. The first kappa shape index (κ1) is 23.3. The molecule has 0 atom stereocenters. The first-order valence-corrected chi connectivity index (χ1v) is 10.8. The molecule has 172 valence electrons. The molecule has 1 fully saturated rings. The molecule has 1 aliphatic heterocycles. The van der Waals surface area contributed by atoms with Gasteiger partial charge in [-0.15, -0.1) is 0 Å². The Bertz CT molecular complexity index is 1360. The Balaban J connectivity index is 1.72. The van der Waals surface area contributed by atoms with Crippen LogP contribution >= 0.6 is 15.9 Å². The summed E-state index contributed by atoms with van der Waals surface area (Å²) >= 11 is 3.47. The molecule has 0 bridgehead atoms. The van der Waals surface area contributed by atoms with E-state index in [1.54, 1.807) is 24.3 Å². The number of imide groups is 2. The predicted molar refractivity (Wildman–Crippen MR) is 125 cm³/mol. The molecule has 1 heterocycles. The summed E-state index contributed by atoms with van der Waals surface area (Å²) in [5.41, 5.74) is 1.26. The summed E-state index contributed by atoms with van der Waals surface area (Å²) < 4.78 is 33.9. The fraction of sp³-hybridized carbons (Fsp3) is 0.0800. The van der Waals surface area contributed by atoms with Gasteiger partial charge in [-0.3, -0.25) is 14.9 Å². The lowest BCUT2D eigenvalue weighted by Crippen LogP contribution is -2.54. The summed E-state index contributed by atoms with van der Waals surface area (Å²) in [6.07, 6.45) is 1.66. The minimum absolute atomic E-state index is 0.271. The molecule has 6 nitrogen and oxygen atoms in total.